The second-order valence-electron chi connectivity index (χ2n) is 4.72. The van der Waals surface area contributed by atoms with Gasteiger partial charge in [-0.05, 0) is 18.2 Å². The molecule has 1 aromatic heterocycles. The number of amides is 1. The minimum atomic E-state index is -0.589. The average molecular weight is 271 g/mol. The number of hydrogen-bond acceptors (Lipinski definition) is 3. The molecule has 0 saturated heterocycles. The number of carbonyl (C=O) groups is 1. The summed E-state index contributed by atoms with van der Waals surface area (Å²) in [6.45, 7) is 1.25. The molecule has 0 N–H and O–H groups in total. The molecule has 0 radical (unpaired) electrons. The van der Waals surface area contributed by atoms with Crippen molar-refractivity contribution in [2.75, 3.05) is 29.9 Å². The van der Waals surface area contributed by atoms with Crippen molar-refractivity contribution in [1.82, 2.24) is 4.98 Å². The third kappa shape index (κ3) is 2.01. The van der Waals surface area contributed by atoms with Gasteiger partial charge in [-0.3, -0.25) is 9.78 Å². The predicted molar refractivity (Wildman–Crippen MR) is 75.6 cm³/mol. The first-order valence-electron chi connectivity index (χ1n) is 6.40. The number of hydrogen-bond donors (Lipinski definition) is 0. The van der Waals surface area contributed by atoms with E-state index in [1.165, 1.54) is 12.3 Å². The Labute approximate surface area is 116 Å². The summed E-state index contributed by atoms with van der Waals surface area (Å²) in [6, 6.07) is 9.05. The Kier molecular flexibility index (Phi) is 3.10. The van der Waals surface area contributed by atoms with Gasteiger partial charge in [0.1, 0.15) is 0 Å². The van der Waals surface area contributed by atoms with Crippen LogP contribution in [0.5, 0.6) is 0 Å². The highest BCUT2D eigenvalue weighted by Gasteiger charge is 2.27. The lowest BCUT2D eigenvalue weighted by atomic mass is 10.1. The molecule has 0 saturated carbocycles. The van der Waals surface area contributed by atoms with Crippen molar-refractivity contribution in [3.63, 3.8) is 0 Å². The van der Waals surface area contributed by atoms with Crippen molar-refractivity contribution in [3.8, 4) is 0 Å². The molecule has 0 unspecified atom stereocenters. The van der Waals surface area contributed by atoms with Crippen LogP contribution in [0.1, 0.15) is 10.4 Å². The molecule has 0 bridgehead atoms. The molecule has 0 spiro atoms. The molecule has 20 heavy (non-hydrogen) atoms. The van der Waals surface area contributed by atoms with Crippen LogP contribution in [0.15, 0.2) is 42.7 Å². The number of fused-ring (bicyclic) bond motifs is 1. The zero-order chi connectivity index (χ0) is 14.1. The summed E-state index contributed by atoms with van der Waals surface area (Å²) in [7, 11) is 1.98. The van der Waals surface area contributed by atoms with Crippen LogP contribution in [-0.4, -0.2) is 31.0 Å². The summed E-state index contributed by atoms with van der Waals surface area (Å²) in [5.41, 5.74) is 1.84. The lowest BCUT2D eigenvalue weighted by Crippen LogP contribution is -2.42. The standard InChI is InChI=1S/C15H14FN3O/c1-18-8-9-19(14-5-3-2-4-13(14)18)15(20)11-6-7-17-10-12(11)16/h2-7,10H,8-9H2,1H3. The zero-order valence-electron chi connectivity index (χ0n) is 11.1. The van der Waals surface area contributed by atoms with Crippen LogP contribution in [0.4, 0.5) is 15.8 Å². The normalized spacial score (nSPS) is 14.1. The number of likely N-dealkylation sites (N-methyl/N-ethyl adjacent to an activating group) is 1. The molecule has 1 aromatic carbocycles. The van der Waals surface area contributed by atoms with E-state index in [9.17, 15) is 9.18 Å². The number of nitrogens with zero attached hydrogens (tertiary/aromatic N) is 3. The highest BCUT2D eigenvalue weighted by Crippen LogP contribution is 2.32. The summed E-state index contributed by atoms with van der Waals surface area (Å²) in [5, 5.41) is 0. The van der Waals surface area contributed by atoms with Gasteiger partial charge in [0, 0.05) is 26.3 Å². The average Bonchev–Trinajstić information content (AvgIpc) is 2.48. The van der Waals surface area contributed by atoms with Crippen molar-refractivity contribution in [2.45, 2.75) is 0 Å². The third-order valence-corrected chi connectivity index (χ3v) is 3.49. The minimum absolute atomic E-state index is 0.0550. The van der Waals surface area contributed by atoms with E-state index < -0.39 is 5.82 Å². The lowest BCUT2D eigenvalue weighted by molar-refractivity contribution is 0.0982. The maximum absolute atomic E-state index is 13.7. The highest BCUT2D eigenvalue weighted by atomic mass is 19.1. The van der Waals surface area contributed by atoms with Crippen molar-refractivity contribution in [3.05, 3.63) is 54.1 Å². The number of anilines is 2. The molecule has 1 aliphatic heterocycles. The van der Waals surface area contributed by atoms with Crippen LogP contribution in [0.25, 0.3) is 0 Å². The first-order chi connectivity index (χ1) is 9.68. The monoisotopic (exact) mass is 271 g/mol. The van der Waals surface area contributed by atoms with Gasteiger partial charge in [-0.2, -0.15) is 0 Å². The van der Waals surface area contributed by atoms with Gasteiger partial charge in [-0.25, -0.2) is 4.39 Å². The Hall–Kier alpha value is -2.43. The van der Waals surface area contributed by atoms with Crippen molar-refractivity contribution in [1.29, 1.82) is 0 Å². The number of pyridine rings is 1. The lowest BCUT2D eigenvalue weighted by Gasteiger charge is -2.35. The molecule has 0 atom stereocenters. The van der Waals surface area contributed by atoms with Crippen LogP contribution in [-0.2, 0) is 0 Å². The topological polar surface area (TPSA) is 36.4 Å². The molecule has 0 fully saturated rings. The number of benzene rings is 1. The molecule has 2 heterocycles. The van der Waals surface area contributed by atoms with Crippen LogP contribution in [0.3, 0.4) is 0 Å². The first-order valence-corrected chi connectivity index (χ1v) is 6.40. The molecular formula is C15H14FN3O. The van der Waals surface area contributed by atoms with Gasteiger partial charge in [0.15, 0.2) is 5.82 Å². The van der Waals surface area contributed by atoms with Crippen molar-refractivity contribution < 1.29 is 9.18 Å². The van der Waals surface area contributed by atoms with Gasteiger partial charge in [0.2, 0.25) is 0 Å². The van der Waals surface area contributed by atoms with E-state index in [0.29, 0.717) is 6.54 Å². The molecule has 102 valence electrons. The molecule has 3 rings (SSSR count). The fourth-order valence-electron chi connectivity index (χ4n) is 2.41. The summed E-state index contributed by atoms with van der Waals surface area (Å²) in [4.78, 5) is 19.9. The number of carbonyl (C=O) groups excluding carboxylic acids is 1. The van der Waals surface area contributed by atoms with E-state index in [1.807, 2.05) is 31.3 Å². The molecule has 5 heteroatoms. The van der Waals surface area contributed by atoms with Crippen LogP contribution < -0.4 is 9.80 Å². The number of halogens is 1. The van der Waals surface area contributed by atoms with Gasteiger partial charge in [0.05, 0.1) is 23.1 Å². The van der Waals surface area contributed by atoms with Gasteiger partial charge >= 0.3 is 0 Å². The first kappa shape index (κ1) is 12.6. The van der Waals surface area contributed by atoms with Gasteiger partial charge in [-0.1, -0.05) is 12.1 Å². The maximum atomic E-state index is 13.7. The Morgan fingerprint density at radius 3 is 2.70 bits per heavy atom. The number of aromatic nitrogens is 1. The Morgan fingerprint density at radius 1 is 1.20 bits per heavy atom. The second kappa shape index (κ2) is 4.92. The summed E-state index contributed by atoms with van der Waals surface area (Å²) in [6.07, 6.45) is 2.49. The van der Waals surface area contributed by atoms with E-state index in [-0.39, 0.29) is 11.5 Å². The van der Waals surface area contributed by atoms with Crippen molar-refractivity contribution in [2.24, 2.45) is 0 Å². The summed E-state index contributed by atoms with van der Waals surface area (Å²) >= 11 is 0. The number of para-hydroxylation sites is 2. The largest absolute Gasteiger partial charge is 0.371 e. The zero-order valence-corrected chi connectivity index (χ0v) is 11.1. The SMILES string of the molecule is CN1CCN(C(=O)c2ccncc2F)c2ccccc21. The fourth-order valence-corrected chi connectivity index (χ4v) is 2.41. The van der Waals surface area contributed by atoms with E-state index in [4.69, 9.17) is 0 Å². The Bertz CT molecular complexity index is 659. The quantitative estimate of drug-likeness (QED) is 0.798. The van der Waals surface area contributed by atoms with Gasteiger partial charge in [-0.15, -0.1) is 0 Å². The van der Waals surface area contributed by atoms with E-state index in [0.717, 1.165) is 24.1 Å². The molecule has 0 aliphatic carbocycles. The summed E-state index contributed by atoms with van der Waals surface area (Å²) in [5.74, 6) is -0.917. The molecule has 4 nitrogen and oxygen atoms in total. The predicted octanol–water partition coefficient (Wildman–Crippen LogP) is 2.32. The summed E-state index contributed by atoms with van der Waals surface area (Å²) < 4.78 is 13.7. The smallest absolute Gasteiger partial charge is 0.261 e. The minimum Gasteiger partial charge on any atom is -0.371 e. The fraction of sp³-hybridized carbons (Fsp3) is 0.200. The number of rotatable bonds is 1. The van der Waals surface area contributed by atoms with E-state index in [1.54, 1.807) is 4.90 Å². The van der Waals surface area contributed by atoms with Crippen molar-refractivity contribution >= 4 is 17.3 Å². The van der Waals surface area contributed by atoms with E-state index >= 15 is 0 Å². The van der Waals surface area contributed by atoms with E-state index in [2.05, 4.69) is 9.88 Å². The Balaban J connectivity index is 2.02. The highest BCUT2D eigenvalue weighted by molar-refractivity contribution is 6.08. The molecule has 1 amide bonds. The van der Waals surface area contributed by atoms with Gasteiger partial charge < -0.3 is 9.80 Å². The molecule has 2 aromatic rings. The molecule has 1 aliphatic rings. The Morgan fingerprint density at radius 2 is 1.95 bits per heavy atom. The molecular weight excluding hydrogens is 257 g/mol. The van der Waals surface area contributed by atoms with Crippen LogP contribution in [0, 0.1) is 5.82 Å². The van der Waals surface area contributed by atoms with Crippen LogP contribution >= 0.6 is 0 Å². The second-order valence-corrected chi connectivity index (χ2v) is 4.72. The van der Waals surface area contributed by atoms with Gasteiger partial charge in [0.25, 0.3) is 5.91 Å². The maximum Gasteiger partial charge on any atom is 0.261 e. The van der Waals surface area contributed by atoms with Crippen LogP contribution in [0.2, 0.25) is 0 Å². The third-order valence-electron chi connectivity index (χ3n) is 3.49.